The van der Waals surface area contributed by atoms with Gasteiger partial charge in [-0.05, 0) is 49.6 Å². The first-order chi connectivity index (χ1) is 14.9. The van der Waals surface area contributed by atoms with Gasteiger partial charge in [-0.15, -0.1) is 0 Å². The standard InChI is InChI=1S/C23H30N2O5S/c1-18-9-5-6-10-21(18)30-16-13-24-23(26)20-17-19(11-12-22(20)29-2)31(27,28)25-14-7-3-4-8-15-25/h5-6,9-12,17H,3-4,7-8,13-16H2,1-2H3,(H,24,26). The molecular formula is C23H30N2O5S. The summed E-state index contributed by atoms with van der Waals surface area (Å²) in [7, 11) is -2.20. The second kappa shape index (κ2) is 10.6. The molecule has 8 heteroatoms. The molecule has 0 aromatic heterocycles. The molecule has 7 nitrogen and oxygen atoms in total. The molecule has 1 heterocycles. The molecule has 0 aliphatic carbocycles. The summed E-state index contributed by atoms with van der Waals surface area (Å²) in [5, 5.41) is 2.78. The van der Waals surface area contributed by atoms with Crippen LogP contribution in [-0.4, -0.2) is 52.0 Å². The number of carbonyl (C=O) groups is 1. The van der Waals surface area contributed by atoms with Gasteiger partial charge in [-0.2, -0.15) is 4.31 Å². The van der Waals surface area contributed by atoms with Gasteiger partial charge in [0.15, 0.2) is 0 Å². The van der Waals surface area contributed by atoms with Crippen molar-refractivity contribution in [3.63, 3.8) is 0 Å². The Labute approximate surface area is 184 Å². The Hall–Kier alpha value is -2.58. The van der Waals surface area contributed by atoms with E-state index < -0.39 is 15.9 Å². The molecule has 0 spiro atoms. The summed E-state index contributed by atoms with van der Waals surface area (Å²) in [5.74, 6) is 0.685. The average Bonchev–Trinajstić information content (AvgIpc) is 3.07. The van der Waals surface area contributed by atoms with E-state index >= 15 is 0 Å². The van der Waals surface area contributed by atoms with Crippen molar-refractivity contribution in [1.29, 1.82) is 0 Å². The molecule has 1 aliphatic rings. The Kier molecular flexibility index (Phi) is 7.92. The van der Waals surface area contributed by atoms with E-state index in [-0.39, 0.29) is 17.0 Å². The number of amides is 1. The van der Waals surface area contributed by atoms with E-state index in [1.165, 1.54) is 29.6 Å². The number of carbonyl (C=O) groups excluding carboxylic acids is 1. The van der Waals surface area contributed by atoms with Gasteiger partial charge in [-0.3, -0.25) is 4.79 Å². The minimum absolute atomic E-state index is 0.108. The molecule has 3 rings (SSSR count). The first kappa shape index (κ1) is 23.1. The monoisotopic (exact) mass is 446 g/mol. The molecule has 1 saturated heterocycles. The molecule has 0 bridgehead atoms. The zero-order chi connectivity index (χ0) is 22.3. The van der Waals surface area contributed by atoms with Crippen molar-refractivity contribution in [3.05, 3.63) is 53.6 Å². The van der Waals surface area contributed by atoms with Crippen molar-refractivity contribution in [2.24, 2.45) is 0 Å². The highest BCUT2D eigenvalue weighted by Crippen LogP contribution is 2.26. The smallest absolute Gasteiger partial charge is 0.255 e. The highest BCUT2D eigenvalue weighted by atomic mass is 32.2. The van der Waals surface area contributed by atoms with E-state index in [1.54, 1.807) is 0 Å². The van der Waals surface area contributed by atoms with Crippen LogP contribution in [0.4, 0.5) is 0 Å². The third kappa shape index (κ3) is 5.77. The van der Waals surface area contributed by atoms with Crippen LogP contribution in [0.15, 0.2) is 47.4 Å². The molecule has 0 unspecified atom stereocenters. The van der Waals surface area contributed by atoms with Crippen LogP contribution in [0, 0.1) is 6.92 Å². The Morgan fingerprint density at radius 2 is 1.74 bits per heavy atom. The van der Waals surface area contributed by atoms with Crippen LogP contribution in [-0.2, 0) is 10.0 Å². The maximum absolute atomic E-state index is 13.1. The average molecular weight is 447 g/mol. The van der Waals surface area contributed by atoms with Crippen molar-refractivity contribution < 1.29 is 22.7 Å². The van der Waals surface area contributed by atoms with Crippen molar-refractivity contribution in [2.75, 3.05) is 33.4 Å². The molecule has 31 heavy (non-hydrogen) atoms. The zero-order valence-electron chi connectivity index (χ0n) is 18.1. The maximum atomic E-state index is 13.1. The Balaban J connectivity index is 1.69. The molecule has 1 N–H and O–H groups in total. The fourth-order valence-corrected chi connectivity index (χ4v) is 5.14. The third-order valence-electron chi connectivity index (χ3n) is 5.36. The summed E-state index contributed by atoms with van der Waals surface area (Å²) in [5.41, 5.74) is 1.20. The van der Waals surface area contributed by atoms with E-state index in [4.69, 9.17) is 9.47 Å². The number of ether oxygens (including phenoxy) is 2. The van der Waals surface area contributed by atoms with Gasteiger partial charge >= 0.3 is 0 Å². The first-order valence-electron chi connectivity index (χ1n) is 10.6. The van der Waals surface area contributed by atoms with Crippen LogP contribution >= 0.6 is 0 Å². The van der Waals surface area contributed by atoms with Gasteiger partial charge in [0.25, 0.3) is 5.91 Å². The number of nitrogens with zero attached hydrogens (tertiary/aromatic N) is 1. The van der Waals surface area contributed by atoms with Crippen LogP contribution in [0.1, 0.15) is 41.6 Å². The zero-order valence-corrected chi connectivity index (χ0v) is 18.9. The number of nitrogens with one attached hydrogen (secondary N) is 1. The van der Waals surface area contributed by atoms with E-state index in [1.807, 2.05) is 31.2 Å². The SMILES string of the molecule is COc1ccc(S(=O)(=O)N2CCCCCC2)cc1C(=O)NCCOc1ccccc1C. The number of sulfonamides is 1. The predicted octanol–water partition coefficient (Wildman–Crippen LogP) is 3.38. The largest absolute Gasteiger partial charge is 0.496 e. The van der Waals surface area contributed by atoms with Crippen LogP contribution in [0.25, 0.3) is 0 Å². The van der Waals surface area contributed by atoms with Crippen molar-refractivity contribution >= 4 is 15.9 Å². The number of rotatable bonds is 8. The number of hydrogen-bond acceptors (Lipinski definition) is 5. The van der Waals surface area contributed by atoms with E-state index in [0.717, 1.165) is 37.0 Å². The van der Waals surface area contributed by atoms with Crippen molar-refractivity contribution in [3.8, 4) is 11.5 Å². The summed E-state index contributed by atoms with van der Waals surface area (Å²) in [6.07, 6.45) is 3.77. The second-order valence-electron chi connectivity index (χ2n) is 7.55. The lowest BCUT2D eigenvalue weighted by molar-refractivity contribution is 0.0943. The number of benzene rings is 2. The molecular weight excluding hydrogens is 416 g/mol. The Bertz CT molecular complexity index is 999. The van der Waals surface area contributed by atoms with Gasteiger partial charge in [0.1, 0.15) is 18.1 Å². The normalized spacial score (nSPS) is 15.2. The van der Waals surface area contributed by atoms with Crippen molar-refractivity contribution in [1.82, 2.24) is 9.62 Å². The van der Waals surface area contributed by atoms with Crippen molar-refractivity contribution in [2.45, 2.75) is 37.5 Å². The lowest BCUT2D eigenvalue weighted by atomic mass is 10.2. The topological polar surface area (TPSA) is 84.9 Å². The number of hydrogen-bond donors (Lipinski definition) is 1. The highest BCUT2D eigenvalue weighted by molar-refractivity contribution is 7.89. The second-order valence-corrected chi connectivity index (χ2v) is 9.49. The molecule has 168 valence electrons. The summed E-state index contributed by atoms with van der Waals surface area (Å²) in [4.78, 5) is 12.9. The summed E-state index contributed by atoms with van der Waals surface area (Å²) >= 11 is 0. The van der Waals surface area contributed by atoms with Gasteiger partial charge in [0.2, 0.25) is 10.0 Å². The molecule has 1 amide bonds. The molecule has 0 atom stereocenters. The Morgan fingerprint density at radius 1 is 1.03 bits per heavy atom. The summed E-state index contributed by atoms with van der Waals surface area (Å²) in [6, 6.07) is 12.1. The van der Waals surface area contributed by atoms with Crippen LogP contribution < -0.4 is 14.8 Å². The van der Waals surface area contributed by atoms with Gasteiger partial charge in [-0.25, -0.2) is 8.42 Å². The predicted molar refractivity (Wildman–Crippen MR) is 119 cm³/mol. The summed E-state index contributed by atoms with van der Waals surface area (Å²) < 4.78 is 38.7. The van der Waals surface area contributed by atoms with Gasteiger partial charge in [-0.1, -0.05) is 31.0 Å². The minimum atomic E-state index is -3.66. The fourth-order valence-electron chi connectivity index (χ4n) is 3.60. The Morgan fingerprint density at radius 3 is 2.42 bits per heavy atom. The first-order valence-corrected chi connectivity index (χ1v) is 12.0. The molecule has 2 aromatic carbocycles. The maximum Gasteiger partial charge on any atom is 0.255 e. The van der Waals surface area contributed by atoms with E-state index in [0.29, 0.717) is 25.4 Å². The third-order valence-corrected chi connectivity index (χ3v) is 7.25. The fraction of sp³-hybridized carbons (Fsp3) is 0.435. The molecule has 2 aromatic rings. The van der Waals surface area contributed by atoms with Crippen LogP contribution in [0.5, 0.6) is 11.5 Å². The minimum Gasteiger partial charge on any atom is -0.496 e. The number of para-hydroxylation sites is 1. The lowest BCUT2D eigenvalue weighted by Crippen LogP contribution is -2.32. The van der Waals surface area contributed by atoms with E-state index in [2.05, 4.69) is 5.32 Å². The lowest BCUT2D eigenvalue weighted by Gasteiger charge is -2.20. The molecule has 1 aliphatic heterocycles. The highest BCUT2D eigenvalue weighted by Gasteiger charge is 2.27. The van der Waals surface area contributed by atoms with Crippen LogP contribution in [0.2, 0.25) is 0 Å². The van der Waals surface area contributed by atoms with Gasteiger partial charge in [0.05, 0.1) is 24.1 Å². The number of aryl methyl sites for hydroxylation is 1. The quantitative estimate of drug-likeness (QED) is 0.629. The van der Waals surface area contributed by atoms with E-state index in [9.17, 15) is 13.2 Å². The molecule has 0 radical (unpaired) electrons. The number of methoxy groups -OCH3 is 1. The summed E-state index contributed by atoms with van der Waals surface area (Å²) in [6.45, 7) is 3.54. The molecule has 1 fully saturated rings. The van der Waals surface area contributed by atoms with Gasteiger partial charge < -0.3 is 14.8 Å². The molecule has 0 saturated carbocycles. The van der Waals surface area contributed by atoms with Crippen LogP contribution in [0.3, 0.4) is 0 Å². The van der Waals surface area contributed by atoms with Gasteiger partial charge in [0, 0.05) is 13.1 Å².